The maximum Gasteiger partial charge on any atom is 0.355 e. The molecule has 0 bridgehead atoms. The van der Waals surface area contributed by atoms with E-state index in [1.54, 1.807) is 0 Å². The summed E-state index contributed by atoms with van der Waals surface area (Å²) in [6.07, 6.45) is 1.73. The summed E-state index contributed by atoms with van der Waals surface area (Å²) in [4.78, 5) is 20.8. The topological polar surface area (TPSA) is 55.0 Å². The zero-order chi connectivity index (χ0) is 20.0. The van der Waals surface area contributed by atoms with Crippen LogP contribution in [-0.2, 0) is 17.6 Å². The number of rotatable bonds is 3. The maximum absolute atomic E-state index is 12.4. The molecule has 0 atom stereocenters. The Labute approximate surface area is 181 Å². The summed E-state index contributed by atoms with van der Waals surface area (Å²) in [5.74, 6) is -0.301. The molecule has 2 aromatic heterocycles. The Balaban J connectivity index is 0.00000218. The number of hydrogen-bond donors (Lipinski definition) is 1. The number of aromatic nitrogens is 2. The third kappa shape index (κ3) is 3.08. The lowest BCUT2D eigenvalue weighted by Crippen LogP contribution is -2.08. The maximum atomic E-state index is 12.4. The van der Waals surface area contributed by atoms with E-state index in [9.17, 15) is 4.79 Å². The summed E-state index contributed by atoms with van der Waals surface area (Å²) in [6, 6.07) is 18.8. The number of H-pyrrole nitrogens is 1. The Hall–Kier alpha value is -3.11. The number of benzene rings is 2. The van der Waals surface area contributed by atoms with Crippen LogP contribution in [0.25, 0.3) is 33.3 Å². The molecule has 4 aromatic rings. The molecule has 1 aliphatic rings. The molecule has 2 heterocycles. The van der Waals surface area contributed by atoms with Gasteiger partial charge in [0.05, 0.1) is 17.8 Å². The predicted molar refractivity (Wildman–Crippen MR) is 122 cm³/mol. The first kappa shape index (κ1) is 20.2. The molecule has 0 radical (unpaired) electrons. The molecule has 0 spiro atoms. The lowest BCUT2D eigenvalue weighted by molar-refractivity contribution is 0.0519. The lowest BCUT2D eigenvalue weighted by atomic mass is 9.84. The summed E-state index contributed by atoms with van der Waals surface area (Å²) in [5.41, 5.74) is 9.23. The molecule has 1 aliphatic carbocycles. The van der Waals surface area contributed by atoms with Crippen molar-refractivity contribution in [2.45, 2.75) is 26.7 Å². The number of aryl methyl sites for hydroxylation is 1. The van der Waals surface area contributed by atoms with Crippen LogP contribution in [-0.4, -0.2) is 22.5 Å². The van der Waals surface area contributed by atoms with Gasteiger partial charge in [-0.15, -0.1) is 12.4 Å². The van der Waals surface area contributed by atoms with Crippen molar-refractivity contribution < 1.29 is 9.53 Å². The third-order valence-corrected chi connectivity index (χ3v) is 5.72. The molecule has 1 N–H and O–H groups in total. The van der Waals surface area contributed by atoms with E-state index in [0.717, 1.165) is 40.9 Å². The van der Waals surface area contributed by atoms with E-state index in [2.05, 4.69) is 47.4 Å². The average molecular weight is 419 g/mol. The Kier molecular flexibility index (Phi) is 5.35. The van der Waals surface area contributed by atoms with Gasteiger partial charge in [-0.05, 0) is 55.0 Å². The van der Waals surface area contributed by atoms with Gasteiger partial charge in [-0.1, -0.05) is 48.5 Å². The number of nitrogens with one attached hydrogen (secondary N) is 1. The van der Waals surface area contributed by atoms with Crippen LogP contribution >= 0.6 is 12.4 Å². The second-order valence-electron chi connectivity index (χ2n) is 7.40. The molecular weight excluding hydrogens is 396 g/mol. The Morgan fingerprint density at radius 2 is 1.77 bits per heavy atom. The van der Waals surface area contributed by atoms with Gasteiger partial charge in [-0.25, -0.2) is 9.78 Å². The molecule has 2 aromatic carbocycles. The van der Waals surface area contributed by atoms with Gasteiger partial charge in [-0.3, -0.25) is 0 Å². The Morgan fingerprint density at radius 3 is 2.53 bits per heavy atom. The number of halogens is 1. The minimum Gasteiger partial charge on any atom is -0.461 e. The van der Waals surface area contributed by atoms with Crippen molar-refractivity contribution in [3.05, 3.63) is 77.1 Å². The lowest BCUT2D eigenvalue weighted by Gasteiger charge is -2.22. The molecule has 30 heavy (non-hydrogen) atoms. The van der Waals surface area contributed by atoms with Gasteiger partial charge >= 0.3 is 5.97 Å². The number of carbonyl (C=O) groups is 1. The van der Waals surface area contributed by atoms with Gasteiger partial charge in [0.2, 0.25) is 0 Å². The van der Waals surface area contributed by atoms with Crippen molar-refractivity contribution in [1.82, 2.24) is 9.97 Å². The SMILES string of the molecule is CCOC(=O)c1[nH]c2c(c1C)-c1nc3ccccc3c(-c3ccccc3)c1CC2.Cl. The number of para-hydroxylation sites is 1. The summed E-state index contributed by atoms with van der Waals surface area (Å²) < 4.78 is 5.25. The quantitative estimate of drug-likeness (QED) is 0.421. The zero-order valence-electron chi connectivity index (χ0n) is 17.0. The standard InChI is InChI=1S/C25H22N2O2.ClH/c1-3-29-25(28)23-15(2)21-20(27-23)14-13-18-22(16-9-5-4-6-10-16)17-11-7-8-12-19(17)26-24(18)21;/h4-12,27H,3,13-14H2,1-2H3;1H. The fourth-order valence-corrected chi connectivity index (χ4v) is 4.46. The smallest absolute Gasteiger partial charge is 0.355 e. The molecule has 0 fully saturated rings. The van der Waals surface area contributed by atoms with Crippen molar-refractivity contribution >= 4 is 29.3 Å². The molecule has 0 saturated carbocycles. The second kappa shape index (κ2) is 7.96. The molecule has 4 nitrogen and oxygen atoms in total. The number of carbonyl (C=O) groups excluding carboxylic acids is 1. The first-order valence-electron chi connectivity index (χ1n) is 10.0. The van der Waals surface area contributed by atoms with Crippen LogP contribution in [0.5, 0.6) is 0 Å². The fourth-order valence-electron chi connectivity index (χ4n) is 4.46. The normalized spacial score (nSPS) is 12.1. The Bertz CT molecular complexity index is 1250. The highest BCUT2D eigenvalue weighted by molar-refractivity contribution is 6.01. The fraction of sp³-hybridized carbons (Fsp3) is 0.200. The van der Waals surface area contributed by atoms with Crippen molar-refractivity contribution in [3.8, 4) is 22.4 Å². The Morgan fingerprint density at radius 1 is 1.03 bits per heavy atom. The van der Waals surface area contributed by atoms with Crippen LogP contribution in [0.15, 0.2) is 54.6 Å². The number of pyridine rings is 1. The third-order valence-electron chi connectivity index (χ3n) is 5.72. The van der Waals surface area contributed by atoms with Gasteiger partial charge in [-0.2, -0.15) is 0 Å². The van der Waals surface area contributed by atoms with E-state index in [1.165, 1.54) is 22.1 Å². The minimum absolute atomic E-state index is 0. The van der Waals surface area contributed by atoms with Crippen molar-refractivity contribution in [2.75, 3.05) is 6.61 Å². The van der Waals surface area contributed by atoms with Crippen LogP contribution < -0.4 is 0 Å². The van der Waals surface area contributed by atoms with Crippen LogP contribution in [0.2, 0.25) is 0 Å². The van der Waals surface area contributed by atoms with E-state index in [-0.39, 0.29) is 18.4 Å². The monoisotopic (exact) mass is 418 g/mol. The highest BCUT2D eigenvalue weighted by Gasteiger charge is 2.29. The first-order chi connectivity index (χ1) is 14.2. The zero-order valence-corrected chi connectivity index (χ0v) is 17.8. The molecule has 5 rings (SSSR count). The van der Waals surface area contributed by atoms with E-state index in [1.807, 2.05) is 26.0 Å². The number of aromatic amines is 1. The number of hydrogen-bond acceptors (Lipinski definition) is 3. The number of ether oxygens (including phenoxy) is 1. The van der Waals surface area contributed by atoms with Crippen molar-refractivity contribution in [2.24, 2.45) is 0 Å². The van der Waals surface area contributed by atoms with Gasteiger partial charge < -0.3 is 9.72 Å². The average Bonchev–Trinajstić information content (AvgIpc) is 3.10. The molecular formula is C25H23ClN2O2. The van der Waals surface area contributed by atoms with Gasteiger partial charge in [0.15, 0.2) is 0 Å². The van der Waals surface area contributed by atoms with Crippen molar-refractivity contribution in [1.29, 1.82) is 0 Å². The summed E-state index contributed by atoms with van der Waals surface area (Å²) in [6.45, 7) is 4.17. The highest BCUT2D eigenvalue weighted by atomic mass is 35.5. The molecule has 5 heteroatoms. The summed E-state index contributed by atoms with van der Waals surface area (Å²) >= 11 is 0. The molecule has 0 amide bonds. The molecule has 0 unspecified atom stereocenters. The highest BCUT2D eigenvalue weighted by Crippen LogP contribution is 2.43. The van der Waals surface area contributed by atoms with Crippen LogP contribution in [0, 0.1) is 6.92 Å². The van der Waals surface area contributed by atoms with E-state index in [4.69, 9.17) is 9.72 Å². The second-order valence-corrected chi connectivity index (χ2v) is 7.40. The number of esters is 1. The number of fused-ring (bicyclic) bond motifs is 4. The predicted octanol–water partition coefficient (Wildman–Crippen LogP) is 5.90. The van der Waals surface area contributed by atoms with E-state index >= 15 is 0 Å². The van der Waals surface area contributed by atoms with E-state index < -0.39 is 0 Å². The largest absolute Gasteiger partial charge is 0.461 e. The van der Waals surface area contributed by atoms with E-state index in [0.29, 0.717) is 12.3 Å². The van der Waals surface area contributed by atoms with Gasteiger partial charge in [0, 0.05) is 16.6 Å². The van der Waals surface area contributed by atoms with Crippen LogP contribution in [0.3, 0.4) is 0 Å². The molecule has 152 valence electrons. The van der Waals surface area contributed by atoms with Gasteiger partial charge in [0.1, 0.15) is 5.69 Å². The van der Waals surface area contributed by atoms with Gasteiger partial charge in [0.25, 0.3) is 0 Å². The van der Waals surface area contributed by atoms with Crippen molar-refractivity contribution in [3.63, 3.8) is 0 Å². The minimum atomic E-state index is -0.301. The van der Waals surface area contributed by atoms with Crippen LogP contribution in [0.4, 0.5) is 0 Å². The summed E-state index contributed by atoms with van der Waals surface area (Å²) in [7, 11) is 0. The first-order valence-corrected chi connectivity index (χ1v) is 10.0. The number of nitrogens with zero attached hydrogens (tertiary/aromatic N) is 1. The van der Waals surface area contributed by atoms with Crippen LogP contribution in [0.1, 0.15) is 34.2 Å². The summed E-state index contributed by atoms with van der Waals surface area (Å²) in [5, 5.41) is 1.17. The molecule has 0 aliphatic heterocycles. The molecule has 0 saturated heterocycles.